The molecule has 2 nitrogen and oxygen atoms in total. The normalized spacial score (nSPS) is 33.8. The van der Waals surface area contributed by atoms with Crippen molar-refractivity contribution < 1.29 is 4.43 Å². The third-order valence-electron chi connectivity index (χ3n) is 3.41. The molecule has 0 radical (unpaired) electrons. The van der Waals surface area contributed by atoms with Gasteiger partial charge in [-0.15, -0.1) is 17.7 Å². The van der Waals surface area contributed by atoms with Crippen LogP contribution in [0, 0.1) is 0 Å². The molecule has 0 amide bonds. The second-order valence-electron chi connectivity index (χ2n) is 4.48. The molecule has 0 N–H and O–H groups in total. The maximum absolute atomic E-state index is 6.63. The largest absolute Gasteiger partial charge is 0.383 e. The van der Waals surface area contributed by atoms with Crippen LogP contribution in [-0.2, 0) is 4.43 Å². The van der Waals surface area contributed by atoms with E-state index in [1.54, 1.807) is 0 Å². The van der Waals surface area contributed by atoms with Crippen LogP contribution < -0.4 is 0 Å². The molecule has 2 rings (SSSR count). The minimum atomic E-state index is -2.31. The predicted octanol–water partition coefficient (Wildman–Crippen LogP) is 3.44. The topological polar surface area (TPSA) is 12.5 Å². The molecule has 0 bridgehead atoms. The number of hydrogen-bond donors (Lipinski definition) is 0. The molecule has 1 aliphatic heterocycles. The Morgan fingerprint density at radius 3 is 2.71 bits per heavy atom. The number of likely N-dealkylation sites (N-methyl/N-ethyl adjacent to an activating group) is 1. The molecular weight excluding hydrogens is 250 g/mol. The third-order valence-corrected chi connectivity index (χ3v) is 7.81. The van der Waals surface area contributed by atoms with Crippen LogP contribution in [0.15, 0.2) is 43.0 Å². The minimum absolute atomic E-state index is 0.0744. The second-order valence-corrected chi connectivity index (χ2v) is 8.98. The molecule has 3 atom stereocenters. The van der Waals surface area contributed by atoms with Gasteiger partial charge in [-0.3, -0.25) is 4.57 Å². The molecule has 0 spiro atoms. The van der Waals surface area contributed by atoms with E-state index in [0.29, 0.717) is 6.04 Å². The van der Waals surface area contributed by atoms with E-state index in [1.165, 1.54) is 5.56 Å². The Balaban J connectivity index is 2.25. The van der Waals surface area contributed by atoms with Gasteiger partial charge in [-0.05, 0) is 19.5 Å². The fourth-order valence-corrected chi connectivity index (χ4v) is 5.69. The van der Waals surface area contributed by atoms with E-state index in [0.717, 1.165) is 6.04 Å². The molecule has 0 aromatic heterocycles. The fraction of sp³-hybridized carbons (Fsp3) is 0.385. The summed E-state index contributed by atoms with van der Waals surface area (Å²) in [6, 6.07) is 11.3. The van der Waals surface area contributed by atoms with Gasteiger partial charge in [0.25, 0.3) is 0 Å². The molecule has 2 unspecified atom stereocenters. The Morgan fingerprint density at radius 2 is 2.12 bits per heavy atom. The van der Waals surface area contributed by atoms with Crippen molar-refractivity contribution in [2.24, 2.45) is 0 Å². The van der Waals surface area contributed by atoms with Gasteiger partial charge in [-0.2, -0.15) is 0 Å². The number of nitrogens with zero attached hydrogens (tertiary/aromatic N) is 1. The Labute approximate surface area is 109 Å². The number of benzene rings is 1. The highest BCUT2D eigenvalue weighted by Gasteiger charge is 2.51. The average molecular weight is 268 g/mol. The smallest absolute Gasteiger partial charge is 0.377 e. The fourth-order valence-electron chi connectivity index (χ4n) is 2.24. The summed E-state index contributed by atoms with van der Waals surface area (Å²) in [5.74, 6) is 0. The molecule has 0 saturated carbocycles. The summed E-state index contributed by atoms with van der Waals surface area (Å²) < 4.78 is 8.36. The molecule has 1 aromatic carbocycles. The van der Waals surface area contributed by atoms with Crippen LogP contribution in [0.1, 0.15) is 18.6 Å². The van der Waals surface area contributed by atoms with Crippen LogP contribution in [-0.4, -0.2) is 25.4 Å². The van der Waals surface area contributed by atoms with Crippen LogP contribution in [0.2, 0.25) is 6.04 Å². The molecule has 1 aromatic rings. The molecule has 17 heavy (non-hydrogen) atoms. The van der Waals surface area contributed by atoms with E-state index >= 15 is 0 Å². The third kappa shape index (κ3) is 2.33. The Morgan fingerprint density at radius 1 is 1.47 bits per heavy atom. The Kier molecular flexibility index (Phi) is 3.73. The van der Waals surface area contributed by atoms with Gasteiger partial charge in [0.2, 0.25) is 0 Å². The van der Waals surface area contributed by atoms with Crippen LogP contribution in [0.25, 0.3) is 0 Å². The van der Waals surface area contributed by atoms with E-state index < -0.39 is 7.79 Å². The standard InChI is InChI=1S/C13H18ClNOSi/c1-4-10-17(14)15(3)11(2)13(16-17)12-8-6-5-7-9-12/h4-9,11,13H,1,10H2,2-3H3/t11-,13?,17?/m1/s1. The lowest BCUT2D eigenvalue weighted by atomic mass is 10.0. The number of halogens is 1. The van der Waals surface area contributed by atoms with Gasteiger partial charge in [0, 0.05) is 12.1 Å². The van der Waals surface area contributed by atoms with Crippen molar-refractivity contribution in [2.75, 3.05) is 7.05 Å². The summed E-state index contributed by atoms with van der Waals surface area (Å²) in [5, 5.41) is 0. The highest BCUT2D eigenvalue weighted by atomic mass is 35.6. The van der Waals surface area contributed by atoms with Gasteiger partial charge in [0.15, 0.2) is 0 Å². The molecule has 0 aliphatic carbocycles. The molecule has 4 heteroatoms. The van der Waals surface area contributed by atoms with Crippen molar-refractivity contribution in [3.05, 3.63) is 48.6 Å². The Hall–Kier alpha value is -0.613. The SMILES string of the molecule is C=CC[Si]1(Cl)OC(c2ccccc2)[C@@H](C)N1C. The van der Waals surface area contributed by atoms with Crippen LogP contribution >= 0.6 is 11.1 Å². The van der Waals surface area contributed by atoms with E-state index in [2.05, 4.69) is 37.2 Å². The summed E-state index contributed by atoms with van der Waals surface area (Å²) in [4.78, 5) is 0. The van der Waals surface area contributed by atoms with E-state index in [-0.39, 0.29) is 6.10 Å². The van der Waals surface area contributed by atoms with E-state index in [4.69, 9.17) is 15.5 Å². The van der Waals surface area contributed by atoms with E-state index in [1.807, 2.05) is 24.3 Å². The summed E-state index contributed by atoms with van der Waals surface area (Å²) in [6.45, 7) is 5.93. The maximum Gasteiger partial charge on any atom is 0.377 e. The molecular formula is C13H18ClNOSi. The van der Waals surface area contributed by atoms with Gasteiger partial charge in [0.1, 0.15) is 0 Å². The molecule has 1 fully saturated rings. The summed E-state index contributed by atoms with van der Waals surface area (Å²) in [7, 11) is -0.259. The molecule has 1 heterocycles. The monoisotopic (exact) mass is 267 g/mol. The lowest BCUT2D eigenvalue weighted by Crippen LogP contribution is -2.44. The summed E-state index contributed by atoms with van der Waals surface area (Å²) in [5.41, 5.74) is 1.20. The van der Waals surface area contributed by atoms with Gasteiger partial charge in [0.05, 0.1) is 6.10 Å². The molecule has 92 valence electrons. The number of rotatable bonds is 3. The summed E-state index contributed by atoms with van der Waals surface area (Å²) >= 11 is 6.63. The van der Waals surface area contributed by atoms with Crippen molar-refractivity contribution >= 4 is 18.9 Å². The van der Waals surface area contributed by atoms with Gasteiger partial charge >= 0.3 is 7.79 Å². The highest BCUT2D eigenvalue weighted by Crippen LogP contribution is 2.41. The Bertz CT molecular complexity index is 400. The van der Waals surface area contributed by atoms with Gasteiger partial charge in [-0.1, -0.05) is 36.4 Å². The van der Waals surface area contributed by atoms with Gasteiger partial charge in [-0.25, -0.2) is 0 Å². The van der Waals surface area contributed by atoms with Crippen LogP contribution in [0.5, 0.6) is 0 Å². The van der Waals surface area contributed by atoms with Gasteiger partial charge < -0.3 is 4.43 Å². The second kappa shape index (κ2) is 4.94. The first-order valence-electron chi connectivity index (χ1n) is 5.84. The minimum Gasteiger partial charge on any atom is -0.383 e. The zero-order valence-electron chi connectivity index (χ0n) is 10.3. The lowest BCUT2D eigenvalue weighted by molar-refractivity contribution is 0.207. The van der Waals surface area contributed by atoms with Crippen LogP contribution in [0.4, 0.5) is 0 Å². The number of hydrogen-bond acceptors (Lipinski definition) is 2. The van der Waals surface area contributed by atoms with Crippen molar-refractivity contribution in [3.8, 4) is 0 Å². The first-order valence-corrected chi connectivity index (χ1v) is 8.91. The first-order chi connectivity index (χ1) is 8.08. The van der Waals surface area contributed by atoms with E-state index in [9.17, 15) is 0 Å². The van der Waals surface area contributed by atoms with Crippen molar-refractivity contribution in [2.45, 2.75) is 25.1 Å². The zero-order valence-corrected chi connectivity index (χ0v) is 12.0. The van der Waals surface area contributed by atoms with Crippen molar-refractivity contribution in [1.82, 2.24) is 4.57 Å². The first kappa shape index (κ1) is 12.8. The van der Waals surface area contributed by atoms with Crippen LogP contribution in [0.3, 0.4) is 0 Å². The quantitative estimate of drug-likeness (QED) is 0.473. The van der Waals surface area contributed by atoms with Crippen molar-refractivity contribution in [1.29, 1.82) is 0 Å². The molecule has 1 aliphatic rings. The molecule has 1 saturated heterocycles. The maximum atomic E-state index is 6.63. The van der Waals surface area contributed by atoms with Crippen molar-refractivity contribution in [3.63, 3.8) is 0 Å². The zero-order chi connectivity index (χ0) is 12.5. The average Bonchev–Trinajstić information content (AvgIpc) is 2.56. The summed E-state index contributed by atoms with van der Waals surface area (Å²) in [6.07, 6.45) is 1.93. The lowest BCUT2D eigenvalue weighted by Gasteiger charge is -2.24. The number of allylic oxidation sites excluding steroid dienone is 1. The predicted molar refractivity (Wildman–Crippen MR) is 74.1 cm³/mol. The highest BCUT2D eigenvalue weighted by molar-refractivity contribution is 7.15.